The smallest absolute Gasteiger partial charge is 0.237 e. The summed E-state index contributed by atoms with van der Waals surface area (Å²) in [4.78, 5) is 25.3. The van der Waals surface area contributed by atoms with Gasteiger partial charge in [0, 0.05) is 13.1 Å². The van der Waals surface area contributed by atoms with Crippen molar-refractivity contribution in [2.24, 2.45) is 16.9 Å². The largest absolute Gasteiger partial charge is 0.368 e. The van der Waals surface area contributed by atoms with Gasteiger partial charge in [0.15, 0.2) is 0 Å². The summed E-state index contributed by atoms with van der Waals surface area (Å²) in [6.45, 7) is 3.04. The van der Waals surface area contributed by atoms with Crippen LogP contribution in [0.15, 0.2) is 0 Å². The molecule has 1 fully saturated rings. The molecule has 18 heavy (non-hydrogen) atoms. The Bertz CT molecular complexity index is 299. The molecule has 0 heterocycles. The average molecular weight is 255 g/mol. The lowest BCUT2D eigenvalue weighted by Gasteiger charge is -2.33. The van der Waals surface area contributed by atoms with Gasteiger partial charge in [0.2, 0.25) is 11.8 Å². The van der Waals surface area contributed by atoms with Crippen LogP contribution < -0.4 is 11.5 Å². The number of carbonyl (C=O) groups is 2. The Kier molecular flexibility index (Phi) is 5.59. The fourth-order valence-corrected chi connectivity index (χ4v) is 2.68. The fraction of sp³-hybridized carbons (Fsp3) is 0.846. The molecule has 0 atom stereocenters. The van der Waals surface area contributed by atoms with Crippen molar-refractivity contribution in [3.63, 3.8) is 0 Å². The first-order chi connectivity index (χ1) is 8.55. The summed E-state index contributed by atoms with van der Waals surface area (Å²) >= 11 is 0. The second-order valence-corrected chi connectivity index (χ2v) is 5.24. The standard InChI is InChI=1S/C13H25N3O2/c1-2-3-8-16(9-11(15)17)12(18)13(10-14)6-4-5-7-13/h2-10,14H2,1H3,(H2,15,17). The summed E-state index contributed by atoms with van der Waals surface area (Å²) in [5.74, 6) is -0.431. The van der Waals surface area contributed by atoms with E-state index in [1.807, 2.05) is 0 Å². The maximum absolute atomic E-state index is 12.6. The van der Waals surface area contributed by atoms with E-state index in [1.165, 1.54) is 0 Å². The molecular formula is C13H25N3O2. The maximum atomic E-state index is 12.6. The molecule has 0 aliphatic heterocycles. The van der Waals surface area contributed by atoms with Gasteiger partial charge in [0.25, 0.3) is 0 Å². The summed E-state index contributed by atoms with van der Waals surface area (Å²) in [6.07, 6.45) is 5.63. The molecule has 5 heteroatoms. The summed E-state index contributed by atoms with van der Waals surface area (Å²) in [5, 5.41) is 0. The Morgan fingerprint density at radius 3 is 2.33 bits per heavy atom. The number of rotatable bonds is 7. The second-order valence-electron chi connectivity index (χ2n) is 5.24. The van der Waals surface area contributed by atoms with Crippen LogP contribution >= 0.6 is 0 Å². The van der Waals surface area contributed by atoms with Gasteiger partial charge >= 0.3 is 0 Å². The number of unbranched alkanes of at least 4 members (excludes halogenated alkanes) is 1. The van der Waals surface area contributed by atoms with Crippen LogP contribution in [0.1, 0.15) is 45.4 Å². The molecule has 4 N–H and O–H groups in total. The van der Waals surface area contributed by atoms with E-state index in [2.05, 4.69) is 6.92 Å². The normalized spacial score (nSPS) is 17.7. The first kappa shape index (κ1) is 15.0. The number of amides is 2. The predicted molar refractivity (Wildman–Crippen MR) is 70.6 cm³/mol. The Morgan fingerprint density at radius 1 is 1.28 bits per heavy atom. The van der Waals surface area contributed by atoms with Crippen molar-refractivity contribution >= 4 is 11.8 Å². The maximum Gasteiger partial charge on any atom is 0.237 e. The van der Waals surface area contributed by atoms with Crippen LogP contribution in [-0.4, -0.2) is 36.3 Å². The molecule has 0 aromatic heterocycles. The predicted octanol–water partition coefficient (Wildman–Crippen LogP) is 0.620. The molecule has 5 nitrogen and oxygen atoms in total. The van der Waals surface area contributed by atoms with Crippen LogP contribution in [0.2, 0.25) is 0 Å². The highest BCUT2D eigenvalue weighted by molar-refractivity contribution is 5.87. The van der Waals surface area contributed by atoms with Crippen LogP contribution in [0.4, 0.5) is 0 Å². The molecule has 0 saturated heterocycles. The third kappa shape index (κ3) is 3.45. The van der Waals surface area contributed by atoms with Gasteiger partial charge in [0.05, 0.1) is 12.0 Å². The van der Waals surface area contributed by atoms with Gasteiger partial charge in [-0.25, -0.2) is 0 Å². The van der Waals surface area contributed by atoms with E-state index < -0.39 is 11.3 Å². The van der Waals surface area contributed by atoms with E-state index in [9.17, 15) is 9.59 Å². The number of primary amides is 1. The highest BCUT2D eigenvalue weighted by Gasteiger charge is 2.42. The van der Waals surface area contributed by atoms with Crippen LogP contribution in [0.5, 0.6) is 0 Å². The van der Waals surface area contributed by atoms with Crippen LogP contribution in [0.25, 0.3) is 0 Å². The minimum Gasteiger partial charge on any atom is -0.368 e. The first-order valence-corrected chi connectivity index (χ1v) is 6.83. The molecule has 1 aliphatic carbocycles. The Balaban J connectivity index is 2.75. The zero-order valence-corrected chi connectivity index (χ0v) is 11.3. The minimum absolute atomic E-state index is 0.0145. The number of hydrogen-bond acceptors (Lipinski definition) is 3. The molecule has 1 saturated carbocycles. The zero-order valence-electron chi connectivity index (χ0n) is 11.3. The fourth-order valence-electron chi connectivity index (χ4n) is 2.68. The van der Waals surface area contributed by atoms with E-state index >= 15 is 0 Å². The van der Waals surface area contributed by atoms with Gasteiger partial charge in [-0.15, -0.1) is 0 Å². The summed E-state index contributed by atoms with van der Waals surface area (Å²) < 4.78 is 0. The van der Waals surface area contributed by atoms with E-state index in [0.29, 0.717) is 13.1 Å². The van der Waals surface area contributed by atoms with Crippen molar-refractivity contribution in [1.82, 2.24) is 4.90 Å². The van der Waals surface area contributed by atoms with Gasteiger partial charge in [-0.05, 0) is 19.3 Å². The number of nitrogens with zero attached hydrogens (tertiary/aromatic N) is 1. The number of carbonyl (C=O) groups excluding carboxylic acids is 2. The highest BCUT2D eigenvalue weighted by atomic mass is 16.2. The molecule has 2 amide bonds. The SMILES string of the molecule is CCCCN(CC(N)=O)C(=O)C1(CN)CCCC1. The molecule has 0 aromatic carbocycles. The topological polar surface area (TPSA) is 89.4 Å². The summed E-state index contributed by atoms with van der Waals surface area (Å²) in [7, 11) is 0. The van der Waals surface area contributed by atoms with Crippen LogP contribution in [0, 0.1) is 5.41 Å². The summed E-state index contributed by atoms with van der Waals surface area (Å²) in [5.41, 5.74) is 10.6. The van der Waals surface area contributed by atoms with Gasteiger partial charge in [-0.3, -0.25) is 9.59 Å². The van der Waals surface area contributed by atoms with Crippen molar-refractivity contribution in [1.29, 1.82) is 0 Å². The van der Waals surface area contributed by atoms with Gasteiger partial charge in [-0.1, -0.05) is 26.2 Å². The molecule has 0 radical (unpaired) electrons. The van der Waals surface area contributed by atoms with Crippen LogP contribution in [0.3, 0.4) is 0 Å². The quantitative estimate of drug-likeness (QED) is 0.699. The average Bonchev–Trinajstić information content (AvgIpc) is 2.83. The monoisotopic (exact) mass is 255 g/mol. The van der Waals surface area contributed by atoms with Gasteiger partial charge in [-0.2, -0.15) is 0 Å². The number of hydrogen-bond donors (Lipinski definition) is 2. The molecule has 1 rings (SSSR count). The Morgan fingerprint density at radius 2 is 1.89 bits per heavy atom. The third-order valence-corrected chi connectivity index (χ3v) is 3.82. The van der Waals surface area contributed by atoms with E-state index in [0.717, 1.165) is 38.5 Å². The van der Waals surface area contributed by atoms with Gasteiger partial charge in [0.1, 0.15) is 0 Å². The zero-order chi connectivity index (χ0) is 13.6. The van der Waals surface area contributed by atoms with Crippen molar-refractivity contribution in [2.45, 2.75) is 45.4 Å². The molecular weight excluding hydrogens is 230 g/mol. The first-order valence-electron chi connectivity index (χ1n) is 6.83. The molecule has 104 valence electrons. The minimum atomic E-state index is -0.454. The molecule has 0 bridgehead atoms. The third-order valence-electron chi connectivity index (χ3n) is 3.82. The van der Waals surface area contributed by atoms with Crippen molar-refractivity contribution in [3.8, 4) is 0 Å². The van der Waals surface area contributed by atoms with E-state index in [1.54, 1.807) is 4.90 Å². The second kappa shape index (κ2) is 6.73. The lowest BCUT2D eigenvalue weighted by molar-refractivity contribution is -0.144. The van der Waals surface area contributed by atoms with E-state index in [4.69, 9.17) is 11.5 Å². The molecule has 0 unspecified atom stereocenters. The van der Waals surface area contributed by atoms with E-state index in [-0.39, 0.29) is 12.5 Å². The van der Waals surface area contributed by atoms with Crippen molar-refractivity contribution in [3.05, 3.63) is 0 Å². The Labute approximate surface area is 109 Å². The molecule has 0 spiro atoms. The lowest BCUT2D eigenvalue weighted by atomic mass is 9.84. The van der Waals surface area contributed by atoms with Crippen LogP contribution in [-0.2, 0) is 9.59 Å². The highest BCUT2D eigenvalue weighted by Crippen LogP contribution is 2.38. The Hall–Kier alpha value is -1.10. The van der Waals surface area contributed by atoms with Gasteiger partial charge < -0.3 is 16.4 Å². The molecule has 1 aliphatic rings. The van der Waals surface area contributed by atoms with Crippen molar-refractivity contribution < 1.29 is 9.59 Å². The number of nitrogens with two attached hydrogens (primary N) is 2. The molecule has 0 aromatic rings. The summed E-state index contributed by atoms with van der Waals surface area (Å²) in [6, 6.07) is 0. The van der Waals surface area contributed by atoms with Crippen molar-refractivity contribution in [2.75, 3.05) is 19.6 Å². The lowest BCUT2D eigenvalue weighted by Crippen LogP contribution is -2.49.